The van der Waals surface area contributed by atoms with Gasteiger partial charge in [0.25, 0.3) is 0 Å². The third kappa shape index (κ3) is 4.24. The van der Waals surface area contributed by atoms with E-state index in [2.05, 4.69) is 53.5 Å². The molecule has 0 saturated carbocycles. The van der Waals surface area contributed by atoms with Crippen molar-refractivity contribution in [1.82, 2.24) is 4.90 Å². The molecule has 2 aromatic rings. The Morgan fingerprint density at radius 1 is 1.07 bits per heavy atom. The van der Waals surface area contributed by atoms with Gasteiger partial charge in [0.15, 0.2) is 0 Å². The van der Waals surface area contributed by atoms with Gasteiger partial charge in [0, 0.05) is 19.2 Å². The fourth-order valence-corrected chi connectivity index (χ4v) is 4.76. The highest BCUT2D eigenvalue weighted by Crippen LogP contribution is 2.37. The van der Waals surface area contributed by atoms with E-state index in [1.54, 1.807) is 6.92 Å². The predicted molar refractivity (Wildman–Crippen MR) is 111 cm³/mol. The third-order valence-electron chi connectivity index (χ3n) is 6.28. The minimum absolute atomic E-state index is 0.00248. The van der Waals surface area contributed by atoms with Gasteiger partial charge in [0.1, 0.15) is 0 Å². The van der Waals surface area contributed by atoms with E-state index in [-0.39, 0.29) is 5.91 Å². The van der Waals surface area contributed by atoms with Crippen LogP contribution in [0.3, 0.4) is 0 Å². The van der Waals surface area contributed by atoms with E-state index in [0.29, 0.717) is 11.8 Å². The number of hydrogen-bond acceptors (Lipinski definition) is 2. The largest absolute Gasteiger partial charge is 0.326 e. The number of rotatable bonds is 4. The summed E-state index contributed by atoms with van der Waals surface area (Å²) in [4.78, 5) is 14.0. The topological polar surface area (TPSA) is 32.3 Å². The average Bonchev–Trinajstić information content (AvgIpc) is 3.05. The van der Waals surface area contributed by atoms with Crippen molar-refractivity contribution in [1.29, 1.82) is 0 Å². The number of anilines is 1. The smallest absolute Gasteiger partial charge is 0.221 e. The molecule has 1 heterocycles. The van der Waals surface area contributed by atoms with Gasteiger partial charge in [-0.1, -0.05) is 35.9 Å². The van der Waals surface area contributed by atoms with Gasteiger partial charge in [-0.15, -0.1) is 0 Å². The van der Waals surface area contributed by atoms with Crippen molar-refractivity contribution in [3.8, 4) is 0 Å². The summed E-state index contributed by atoms with van der Waals surface area (Å²) >= 11 is 0. The van der Waals surface area contributed by atoms with Crippen molar-refractivity contribution in [2.24, 2.45) is 0 Å². The van der Waals surface area contributed by atoms with E-state index in [9.17, 15) is 4.79 Å². The zero-order valence-electron chi connectivity index (χ0n) is 16.5. The van der Waals surface area contributed by atoms with Crippen molar-refractivity contribution >= 4 is 11.6 Å². The van der Waals surface area contributed by atoms with Crippen LogP contribution in [0.5, 0.6) is 0 Å². The monoisotopic (exact) mass is 362 g/mol. The first kappa shape index (κ1) is 18.2. The first-order valence-corrected chi connectivity index (χ1v) is 10.3. The molecule has 142 valence electrons. The molecule has 2 aromatic carbocycles. The molecule has 0 spiro atoms. The quantitative estimate of drug-likeness (QED) is 0.842. The zero-order chi connectivity index (χ0) is 18.8. The summed E-state index contributed by atoms with van der Waals surface area (Å²) in [5.41, 5.74) is 6.69. The maximum atomic E-state index is 11.4. The van der Waals surface area contributed by atoms with Crippen LogP contribution in [0.1, 0.15) is 60.3 Å². The predicted octanol–water partition coefficient (Wildman–Crippen LogP) is 4.86. The lowest BCUT2D eigenvalue weighted by atomic mass is 9.88. The molecule has 27 heavy (non-hydrogen) atoms. The van der Waals surface area contributed by atoms with Gasteiger partial charge >= 0.3 is 0 Å². The van der Waals surface area contributed by atoms with Gasteiger partial charge in [-0.05, 0) is 86.4 Å². The molecular formula is C24H30N2O. The summed E-state index contributed by atoms with van der Waals surface area (Å²) in [5.74, 6) is 1.32. The van der Waals surface area contributed by atoms with E-state index in [1.165, 1.54) is 61.0 Å². The first-order chi connectivity index (χ1) is 13.1. The number of piperidine rings is 1. The molecular weight excluding hydrogens is 332 g/mol. The maximum Gasteiger partial charge on any atom is 0.221 e. The molecule has 3 nitrogen and oxygen atoms in total. The molecule has 1 amide bonds. The van der Waals surface area contributed by atoms with Gasteiger partial charge in [-0.2, -0.15) is 0 Å². The number of likely N-dealkylation sites (tertiary alicyclic amines) is 1. The molecule has 1 N–H and O–H groups in total. The van der Waals surface area contributed by atoms with E-state index >= 15 is 0 Å². The molecule has 0 aromatic heterocycles. The highest BCUT2D eigenvalue weighted by molar-refractivity contribution is 5.88. The maximum absolute atomic E-state index is 11.4. The molecule has 0 radical (unpaired) electrons. The Hall–Kier alpha value is -2.13. The molecule has 4 rings (SSSR count). The first-order valence-electron chi connectivity index (χ1n) is 10.3. The van der Waals surface area contributed by atoms with Crippen LogP contribution in [0, 0.1) is 6.92 Å². The second-order valence-corrected chi connectivity index (χ2v) is 8.32. The highest BCUT2D eigenvalue weighted by Gasteiger charge is 2.27. The number of carbonyl (C=O) groups is 1. The number of carbonyl (C=O) groups excluding carboxylic acids is 1. The van der Waals surface area contributed by atoms with Crippen LogP contribution in [0.4, 0.5) is 5.69 Å². The van der Waals surface area contributed by atoms with Crippen LogP contribution in [0.15, 0.2) is 42.5 Å². The van der Waals surface area contributed by atoms with Crippen molar-refractivity contribution < 1.29 is 4.79 Å². The number of fused-ring (bicyclic) bond motifs is 1. The number of nitrogens with zero attached hydrogens (tertiary/aromatic N) is 1. The van der Waals surface area contributed by atoms with Crippen molar-refractivity contribution in [3.63, 3.8) is 0 Å². The van der Waals surface area contributed by atoms with Gasteiger partial charge in [-0.25, -0.2) is 0 Å². The molecule has 1 saturated heterocycles. The summed E-state index contributed by atoms with van der Waals surface area (Å²) < 4.78 is 0. The molecule has 1 aliphatic heterocycles. The molecule has 1 fully saturated rings. The Bertz CT molecular complexity index is 804. The number of nitrogens with one attached hydrogen (secondary N) is 1. The van der Waals surface area contributed by atoms with E-state index in [4.69, 9.17) is 0 Å². The zero-order valence-corrected chi connectivity index (χ0v) is 16.5. The normalized spacial score (nSPS) is 20.4. The summed E-state index contributed by atoms with van der Waals surface area (Å²) in [5, 5.41) is 2.93. The number of hydrogen-bond donors (Lipinski definition) is 1. The summed E-state index contributed by atoms with van der Waals surface area (Å²) in [6.07, 6.45) is 4.92. The second kappa shape index (κ2) is 7.85. The summed E-state index contributed by atoms with van der Waals surface area (Å²) in [6.45, 7) is 7.26. The van der Waals surface area contributed by atoms with Crippen molar-refractivity contribution in [2.45, 2.75) is 51.4 Å². The van der Waals surface area contributed by atoms with Crippen LogP contribution in [0.25, 0.3) is 0 Å². The third-order valence-corrected chi connectivity index (χ3v) is 6.28. The second-order valence-electron chi connectivity index (χ2n) is 8.32. The van der Waals surface area contributed by atoms with Crippen LogP contribution in [-0.4, -0.2) is 30.4 Å². The molecule has 1 atom stereocenters. The molecule has 3 heteroatoms. The Labute approximate surface area is 162 Å². The average molecular weight is 363 g/mol. The standard InChI is InChI=1S/C24H30N2O/c1-17-3-5-19(6-4-17)20-11-13-26(14-12-20)16-22-8-7-21-9-10-23(15-24(21)22)25-18(2)27/h3-6,9-10,15,20,22H,7-8,11-14,16H2,1-2H3,(H,25,27). The SMILES string of the molecule is CC(=O)Nc1ccc2c(c1)C(CN1CCC(c3ccc(C)cc3)CC1)CC2. The minimum atomic E-state index is 0.00248. The fraction of sp³-hybridized carbons (Fsp3) is 0.458. The van der Waals surface area contributed by atoms with E-state index in [1.807, 2.05) is 6.07 Å². The number of amides is 1. The Morgan fingerprint density at radius 2 is 1.81 bits per heavy atom. The lowest BCUT2D eigenvalue weighted by Crippen LogP contribution is -2.35. The molecule has 1 aliphatic carbocycles. The Balaban J connectivity index is 1.36. The minimum Gasteiger partial charge on any atom is -0.326 e. The van der Waals surface area contributed by atoms with E-state index in [0.717, 1.165) is 12.2 Å². The lowest BCUT2D eigenvalue weighted by molar-refractivity contribution is -0.114. The van der Waals surface area contributed by atoms with Gasteiger partial charge in [0.05, 0.1) is 0 Å². The van der Waals surface area contributed by atoms with Gasteiger partial charge in [0.2, 0.25) is 5.91 Å². The van der Waals surface area contributed by atoms with Crippen LogP contribution >= 0.6 is 0 Å². The molecule has 0 bridgehead atoms. The number of benzene rings is 2. The highest BCUT2D eigenvalue weighted by atomic mass is 16.1. The Kier molecular flexibility index (Phi) is 5.31. The van der Waals surface area contributed by atoms with Gasteiger partial charge < -0.3 is 10.2 Å². The van der Waals surface area contributed by atoms with E-state index < -0.39 is 0 Å². The van der Waals surface area contributed by atoms with Crippen LogP contribution < -0.4 is 5.32 Å². The summed E-state index contributed by atoms with van der Waals surface area (Å²) in [6, 6.07) is 15.5. The van der Waals surface area contributed by atoms with Crippen LogP contribution in [0.2, 0.25) is 0 Å². The number of aryl methyl sites for hydroxylation is 2. The van der Waals surface area contributed by atoms with Gasteiger partial charge in [-0.3, -0.25) is 4.79 Å². The fourth-order valence-electron chi connectivity index (χ4n) is 4.76. The van der Waals surface area contributed by atoms with Crippen molar-refractivity contribution in [2.75, 3.05) is 25.0 Å². The van der Waals surface area contributed by atoms with Crippen molar-refractivity contribution in [3.05, 3.63) is 64.7 Å². The van der Waals surface area contributed by atoms with Crippen LogP contribution in [-0.2, 0) is 11.2 Å². The lowest BCUT2D eigenvalue weighted by Gasteiger charge is -2.34. The molecule has 2 aliphatic rings. The molecule has 1 unspecified atom stereocenters. The summed E-state index contributed by atoms with van der Waals surface area (Å²) in [7, 11) is 0. The Morgan fingerprint density at radius 3 is 2.52 bits per heavy atom.